The minimum absolute atomic E-state index is 0. The Hall–Kier alpha value is -6.81. The summed E-state index contributed by atoms with van der Waals surface area (Å²) in [6.07, 6.45) is 4.83. The fraction of sp³-hybridized carbons (Fsp3) is 0.391. The van der Waals surface area contributed by atoms with Gasteiger partial charge in [0.2, 0.25) is 23.6 Å². The lowest BCUT2D eigenvalue weighted by Gasteiger charge is -2.40. The first kappa shape index (κ1) is 49.1. The Morgan fingerprint density at radius 3 is 2.66 bits per heavy atom. The number of aromatic nitrogens is 5. The molecule has 8 rings (SSSR count). The van der Waals surface area contributed by atoms with E-state index in [1.165, 1.54) is 9.78 Å². The summed E-state index contributed by atoms with van der Waals surface area (Å²) in [5, 5.41) is 19.6. The largest absolute Gasteiger partial charge is 0.496 e. The summed E-state index contributed by atoms with van der Waals surface area (Å²) in [5.74, 6) is -0.0844. The summed E-state index contributed by atoms with van der Waals surface area (Å²) in [4.78, 5) is 93.5. The Kier molecular flexibility index (Phi) is 15.8. The van der Waals surface area contributed by atoms with Gasteiger partial charge in [-0.15, -0.1) is 28.8 Å². The zero-order chi connectivity index (χ0) is 47.2. The number of methoxy groups -OCH3 is 1. The van der Waals surface area contributed by atoms with Gasteiger partial charge in [0.25, 0.3) is 11.8 Å². The van der Waals surface area contributed by atoms with Gasteiger partial charge in [0.1, 0.15) is 41.6 Å². The number of nitrogens with zero attached hydrogens (tertiary/aromatic N) is 8. The van der Waals surface area contributed by atoms with Crippen LogP contribution < -0.4 is 35.8 Å². The van der Waals surface area contributed by atoms with E-state index in [4.69, 9.17) is 14.5 Å². The SMILES string of the molecule is CC[C@@H]1C(=O)N(C)c2cnc(Cc3ccc(C(=O)NCc4cn(CCNCCOCC(=O)Nc5cccc6c5CN(C5CCC(=O)NC5=O)C6=O)nn4)cc3OC)nc2N1Cc1ccc(C)s1.Cl. The number of halogens is 1. The maximum Gasteiger partial charge on any atom is 0.255 e. The number of piperidine rings is 1. The zero-order valence-corrected chi connectivity index (χ0v) is 39.7. The van der Waals surface area contributed by atoms with Crippen molar-refractivity contribution in [1.82, 2.24) is 45.8 Å². The molecule has 1 unspecified atom stereocenters. The van der Waals surface area contributed by atoms with Gasteiger partial charge < -0.3 is 40.1 Å². The average molecular weight is 970 g/mol. The molecule has 4 N–H and O–H groups in total. The molecule has 20 nitrogen and oxygen atoms in total. The minimum Gasteiger partial charge on any atom is -0.496 e. The van der Waals surface area contributed by atoms with Crippen LogP contribution in [0.15, 0.2) is 60.9 Å². The number of hydrogen-bond donors (Lipinski definition) is 4. The van der Waals surface area contributed by atoms with Crippen LogP contribution in [0.3, 0.4) is 0 Å². The predicted octanol–water partition coefficient (Wildman–Crippen LogP) is 3.16. The van der Waals surface area contributed by atoms with Gasteiger partial charge in [-0.25, -0.2) is 9.97 Å². The maximum atomic E-state index is 13.3. The van der Waals surface area contributed by atoms with Crippen molar-refractivity contribution in [2.45, 2.75) is 77.8 Å². The summed E-state index contributed by atoms with van der Waals surface area (Å²) in [6.45, 7) is 6.52. The number of amides is 6. The van der Waals surface area contributed by atoms with E-state index in [9.17, 15) is 28.8 Å². The number of benzene rings is 2. The number of ether oxygens (including phenoxy) is 2. The van der Waals surface area contributed by atoms with Crippen molar-refractivity contribution < 1.29 is 38.2 Å². The van der Waals surface area contributed by atoms with Crippen LogP contribution in [0, 0.1) is 6.92 Å². The maximum absolute atomic E-state index is 13.3. The van der Waals surface area contributed by atoms with E-state index < -0.39 is 11.9 Å². The standard InChI is InChI=1S/C46H52N12O8S.ClH/c1-5-35-46(64)55(3)37-22-48-39(51-42(37)57(35)24-31-12-9-27(2)67-31)20-28-10-11-29(19-38(28)65-4)43(61)49-21-30-23-56(54-53-30)17-15-47-16-18-66-26-41(60)50-34-8-6-7-32-33(34)25-58(45(32)63)36-13-14-40(59)52-44(36)62;/h6-12,19,22-23,35-36,47H,5,13-18,20-21,24-26H2,1-4H3,(H,49,61)(H,50,60)(H,52,59,62);1H/t35-,36?;/m1./s1. The van der Waals surface area contributed by atoms with E-state index in [2.05, 4.69) is 60.5 Å². The predicted molar refractivity (Wildman–Crippen MR) is 254 cm³/mol. The monoisotopic (exact) mass is 968 g/mol. The van der Waals surface area contributed by atoms with Crippen molar-refractivity contribution in [3.8, 4) is 5.75 Å². The van der Waals surface area contributed by atoms with Crippen LogP contribution in [0.1, 0.15) is 79.3 Å². The Balaban J connectivity index is 0.00000684. The molecule has 3 aromatic heterocycles. The second kappa shape index (κ2) is 21.9. The number of carbonyl (C=O) groups excluding carboxylic acids is 6. The lowest BCUT2D eigenvalue weighted by Crippen LogP contribution is -2.52. The van der Waals surface area contributed by atoms with Gasteiger partial charge in [-0.05, 0) is 56.2 Å². The summed E-state index contributed by atoms with van der Waals surface area (Å²) in [5.41, 5.74) is 3.92. The highest BCUT2D eigenvalue weighted by atomic mass is 35.5. The molecule has 0 saturated carbocycles. The number of anilines is 3. The summed E-state index contributed by atoms with van der Waals surface area (Å²) >= 11 is 1.70. The van der Waals surface area contributed by atoms with Crippen LogP contribution in [-0.2, 0) is 56.5 Å². The van der Waals surface area contributed by atoms with Crippen LogP contribution >= 0.6 is 23.7 Å². The van der Waals surface area contributed by atoms with Gasteiger partial charge in [-0.3, -0.25) is 38.8 Å². The number of imide groups is 1. The summed E-state index contributed by atoms with van der Waals surface area (Å²) in [7, 11) is 3.31. The highest BCUT2D eigenvalue weighted by Crippen LogP contribution is 2.37. The molecule has 358 valence electrons. The number of thiophene rings is 1. The average Bonchev–Trinajstić information content (AvgIpc) is 4.05. The molecule has 68 heavy (non-hydrogen) atoms. The molecule has 2 aromatic carbocycles. The normalized spacial score (nSPS) is 16.6. The molecule has 1 fully saturated rings. The van der Waals surface area contributed by atoms with Gasteiger partial charge in [-0.2, -0.15) is 0 Å². The zero-order valence-electron chi connectivity index (χ0n) is 38.1. The number of aryl methyl sites for hydroxylation is 1. The smallest absolute Gasteiger partial charge is 0.255 e. The van der Waals surface area contributed by atoms with Crippen LogP contribution in [-0.4, -0.2) is 118 Å². The third-order valence-electron chi connectivity index (χ3n) is 11.9. The molecule has 0 bridgehead atoms. The molecule has 6 heterocycles. The van der Waals surface area contributed by atoms with Gasteiger partial charge in [0.05, 0.1) is 45.7 Å². The Labute approximate surface area is 402 Å². The van der Waals surface area contributed by atoms with Crippen molar-refractivity contribution in [2.24, 2.45) is 0 Å². The van der Waals surface area contributed by atoms with Crippen LogP contribution in [0.5, 0.6) is 5.75 Å². The first-order chi connectivity index (χ1) is 32.4. The minimum atomic E-state index is -0.748. The van der Waals surface area contributed by atoms with E-state index in [0.717, 1.165) is 10.4 Å². The third-order valence-corrected chi connectivity index (χ3v) is 12.9. The molecule has 5 aromatic rings. The van der Waals surface area contributed by atoms with E-state index in [1.807, 2.05) is 13.0 Å². The molecule has 0 spiro atoms. The van der Waals surface area contributed by atoms with Crippen molar-refractivity contribution in [1.29, 1.82) is 0 Å². The number of fused-ring (bicyclic) bond motifs is 2. The number of rotatable bonds is 19. The highest BCUT2D eigenvalue weighted by Gasteiger charge is 2.40. The number of hydrogen-bond acceptors (Lipinski definition) is 15. The van der Waals surface area contributed by atoms with Crippen molar-refractivity contribution >= 4 is 76.4 Å². The molecule has 3 aliphatic heterocycles. The summed E-state index contributed by atoms with van der Waals surface area (Å²) in [6, 6.07) is 13.3. The van der Waals surface area contributed by atoms with Crippen LogP contribution in [0.25, 0.3) is 0 Å². The van der Waals surface area contributed by atoms with Crippen molar-refractivity contribution in [3.05, 3.63) is 104 Å². The molecule has 22 heteroatoms. The van der Waals surface area contributed by atoms with E-state index in [0.29, 0.717) is 90.2 Å². The van der Waals surface area contributed by atoms with Crippen LogP contribution in [0.2, 0.25) is 0 Å². The first-order valence-electron chi connectivity index (χ1n) is 22.0. The lowest BCUT2D eigenvalue weighted by atomic mass is 10.0. The number of nitrogens with one attached hydrogen (secondary N) is 4. The number of likely N-dealkylation sites (N-methyl/N-ethyl adjacent to an activating group) is 1. The Morgan fingerprint density at radius 2 is 1.90 bits per heavy atom. The van der Waals surface area contributed by atoms with Gasteiger partial charge in [0.15, 0.2) is 5.82 Å². The fourth-order valence-electron chi connectivity index (χ4n) is 8.40. The molecule has 0 aliphatic carbocycles. The van der Waals surface area contributed by atoms with Gasteiger partial charge in [0, 0.05) is 77.2 Å². The van der Waals surface area contributed by atoms with Gasteiger partial charge in [-0.1, -0.05) is 24.3 Å². The number of carbonyl (C=O) groups is 6. The van der Waals surface area contributed by atoms with E-state index >= 15 is 0 Å². The lowest BCUT2D eigenvalue weighted by molar-refractivity contribution is -0.137. The Morgan fingerprint density at radius 1 is 1.06 bits per heavy atom. The van der Waals surface area contributed by atoms with Crippen molar-refractivity contribution in [2.75, 3.05) is 55.6 Å². The van der Waals surface area contributed by atoms with Crippen LogP contribution in [0.4, 0.5) is 17.2 Å². The third kappa shape index (κ3) is 11.0. The van der Waals surface area contributed by atoms with Gasteiger partial charge >= 0.3 is 0 Å². The highest BCUT2D eigenvalue weighted by molar-refractivity contribution is 7.11. The topological polar surface area (TPSA) is 235 Å². The van der Waals surface area contributed by atoms with Crippen molar-refractivity contribution in [3.63, 3.8) is 0 Å². The molecule has 2 atom stereocenters. The second-order valence-electron chi connectivity index (χ2n) is 16.4. The van der Waals surface area contributed by atoms with E-state index in [1.54, 1.807) is 77.8 Å². The quantitative estimate of drug-likeness (QED) is 0.0688. The molecule has 3 aliphatic rings. The summed E-state index contributed by atoms with van der Waals surface area (Å²) < 4.78 is 12.9. The molecule has 6 amide bonds. The molecule has 0 radical (unpaired) electrons. The molecular formula is C46H53ClN12O8S. The second-order valence-corrected chi connectivity index (χ2v) is 17.8. The fourth-order valence-corrected chi connectivity index (χ4v) is 9.29. The molecular weight excluding hydrogens is 916 g/mol. The first-order valence-corrected chi connectivity index (χ1v) is 22.9. The van der Waals surface area contributed by atoms with E-state index in [-0.39, 0.29) is 87.1 Å². The molecule has 1 saturated heterocycles. The Bertz CT molecular complexity index is 2710.